The van der Waals surface area contributed by atoms with Gasteiger partial charge in [-0.25, -0.2) is 0 Å². The molecule has 2 N–H and O–H groups in total. The van der Waals surface area contributed by atoms with Crippen molar-refractivity contribution < 1.29 is 14.4 Å². The van der Waals surface area contributed by atoms with Crippen LogP contribution in [0.1, 0.15) is 78.6 Å². The standard InChI is InChI=1S/C22H36N2O3/c1-15(20-18(25)13-22(2,3)14-19(20)26)24-12-8-11-17(23-4)21(27)16-9-6-5-7-10-16/h16-17,23-24H,5-14H2,1-4H3. The number of hydrogen-bond donors (Lipinski definition) is 2. The lowest BCUT2D eigenvalue weighted by molar-refractivity contribution is -0.128. The number of carbonyl (C=O) groups excluding carboxylic acids is 3. The molecule has 152 valence electrons. The monoisotopic (exact) mass is 376 g/mol. The third kappa shape index (κ3) is 6.00. The Morgan fingerprint density at radius 3 is 2.26 bits per heavy atom. The van der Waals surface area contributed by atoms with Gasteiger partial charge < -0.3 is 10.6 Å². The van der Waals surface area contributed by atoms with Gasteiger partial charge in [-0.15, -0.1) is 0 Å². The predicted molar refractivity (Wildman–Crippen MR) is 107 cm³/mol. The summed E-state index contributed by atoms with van der Waals surface area (Å²) < 4.78 is 0. The first kappa shape index (κ1) is 21.8. The molecule has 0 aromatic heterocycles. The summed E-state index contributed by atoms with van der Waals surface area (Å²) in [6.45, 7) is 6.40. The third-order valence-corrected chi connectivity index (χ3v) is 5.97. The number of ketones is 3. The first-order valence-corrected chi connectivity index (χ1v) is 10.5. The Labute approximate surface area is 163 Å². The molecule has 2 rings (SSSR count). The van der Waals surface area contributed by atoms with E-state index in [0.29, 0.717) is 36.4 Å². The van der Waals surface area contributed by atoms with Crippen molar-refractivity contribution in [3.05, 3.63) is 11.3 Å². The van der Waals surface area contributed by atoms with E-state index < -0.39 is 0 Å². The molecule has 0 radical (unpaired) electrons. The molecule has 0 aromatic rings. The van der Waals surface area contributed by atoms with Crippen molar-refractivity contribution in [3.63, 3.8) is 0 Å². The average Bonchev–Trinajstić information content (AvgIpc) is 2.60. The minimum atomic E-state index is -0.239. The van der Waals surface area contributed by atoms with Gasteiger partial charge in [0.2, 0.25) is 0 Å². The highest BCUT2D eigenvalue weighted by atomic mass is 16.2. The van der Waals surface area contributed by atoms with Gasteiger partial charge in [-0.2, -0.15) is 0 Å². The lowest BCUT2D eigenvalue weighted by Gasteiger charge is -2.29. The molecule has 5 nitrogen and oxygen atoms in total. The minimum Gasteiger partial charge on any atom is -0.388 e. The highest BCUT2D eigenvalue weighted by Crippen LogP contribution is 2.34. The zero-order valence-electron chi connectivity index (χ0n) is 17.5. The van der Waals surface area contributed by atoms with Crippen LogP contribution in [0.5, 0.6) is 0 Å². The van der Waals surface area contributed by atoms with E-state index in [2.05, 4.69) is 10.6 Å². The molecular weight excluding hydrogens is 340 g/mol. The largest absolute Gasteiger partial charge is 0.388 e. The smallest absolute Gasteiger partial charge is 0.168 e. The average molecular weight is 377 g/mol. The predicted octanol–water partition coefficient (Wildman–Crippen LogP) is 3.33. The SMILES string of the molecule is CNC(CCCNC(C)=C1C(=O)CC(C)(C)CC1=O)C(=O)C1CCCCC1. The van der Waals surface area contributed by atoms with E-state index in [9.17, 15) is 14.4 Å². The van der Waals surface area contributed by atoms with Crippen LogP contribution in [-0.4, -0.2) is 37.0 Å². The highest BCUT2D eigenvalue weighted by molar-refractivity contribution is 6.22. The van der Waals surface area contributed by atoms with Crippen molar-refractivity contribution in [3.8, 4) is 0 Å². The molecule has 2 aliphatic rings. The Kier molecular flexibility index (Phi) is 7.78. The van der Waals surface area contributed by atoms with E-state index in [1.807, 2.05) is 27.8 Å². The van der Waals surface area contributed by atoms with Crippen LogP contribution in [-0.2, 0) is 14.4 Å². The number of carbonyl (C=O) groups is 3. The number of rotatable bonds is 8. The van der Waals surface area contributed by atoms with Crippen LogP contribution >= 0.6 is 0 Å². The van der Waals surface area contributed by atoms with Crippen LogP contribution in [0.25, 0.3) is 0 Å². The molecule has 2 aliphatic carbocycles. The topological polar surface area (TPSA) is 75.3 Å². The van der Waals surface area contributed by atoms with E-state index in [1.54, 1.807) is 0 Å². The summed E-state index contributed by atoms with van der Waals surface area (Å²) in [7, 11) is 1.85. The summed E-state index contributed by atoms with van der Waals surface area (Å²) in [5, 5.41) is 6.41. The second-order valence-electron chi connectivity index (χ2n) is 9.01. The molecule has 1 atom stereocenters. The van der Waals surface area contributed by atoms with Gasteiger partial charge in [0.25, 0.3) is 0 Å². The molecular formula is C22H36N2O3. The summed E-state index contributed by atoms with van der Waals surface area (Å²) in [4.78, 5) is 37.4. The zero-order valence-corrected chi connectivity index (χ0v) is 17.5. The van der Waals surface area contributed by atoms with Crippen molar-refractivity contribution in [2.45, 2.75) is 84.6 Å². The fraction of sp³-hybridized carbons (Fsp3) is 0.773. The maximum atomic E-state index is 12.7. The molecule has 2 fully saturated rings. The molecule has 0 heterocycles. The van der Waals surface area contributed by atoms with Gasteiger partial charge in [0.15, 0.2) is 17.3 Å². The Hall–Kier alpha value is -1.49. The summed E-state index contributed by atoms with van der Waals surface area (Å²) in [6, 6.07) is -0.0957. The van der Waals surface area contributed by atoms with Crippen LogP contribution in [0.15, 0.2) is 11.3 Å². The van der Waals surface area contributed by atoms with E-state index in [4.69, 9.17) is 0 Å². The lowest BCUT2D eigenvalue weighted by Crippen LogP contribution is -2.39. The van der Waals surface area contributed by atoms with E-state index in [0.717, 1.165) is 25.7 Å². The molecule has 5 heteroatoms. The van der Waals surface area contributed by atoms with Crippen molar-refractivity contribution >= 4 is 17.3 Å². The minimum absolute atomic E-state index is 0.0539. The fourth-order valence-electron chi connectivity index (χ4n) is 4.45. The Bertz CT molecular complexity index is 579. The van der Waals surface area contributed by atoms with E-state index in [-0.39, 0.29) is 28.9 Å². The van der Waals surface area contributed by atoms with Crippen LogP contribution in [0.2, 0.25) is 0 Å². The summed E-state index contributed by atoms with van der Waals surface area (Å²) in [6.07, 6.45) is 8.08. The van der Waals surface area contributed by atoms with Gasteiger partial charge in [0.05, 0.1) is 11.6 Å². The Morgan fingerprint density at radius 1 is 1.11 bits per heavy atom. The lowest BCUT2D eigenvalue weighted by atomic mass is 9.73. The van der Waals surface area contributed by atoms with Gasteiger partial charge in [0, 0.05) is 31.0 Å². The van der Waals surface area contributed by atoms with Crippen molar-refractivity contribution in [1.82, 2.24) is 10.6 Å². The molecule has 0 amide bonds. The van der Waals surface area contributed by atoms with Crippen molar-refractivity contribution in [2.24, 2.45) is 11.3 Å². The van der Waals surface area contributed by atoms with Crippen LogP contribution in [0.4, 0.5) is 0 Å². The van der Waals surface area contributed by atoms with Gasteiger partial charge in [0.1, 0.15) is 0 Å². The molecule has 0 spiro atoms. The molecule has 2 saturated carbocycles. The van der Waals surface area contributed by atoms with Crippen LogP contribution in [0.3, 0.4) is 0 Å². The van der Waals surface area contributed by atoms with E-state index in [1.165, 1.54) is 19.3 Å². The summed E-state index contributed by atoms with van der Waals surface area (Å²) in [5.41, 5.74) is 0.787. The van der Waals surface area contributed by atoms with Gasteiger partial charge in [-0.3, -0.25) is 14.4 Å². The number of allylic oxidation sites excluding steroid dienone is 2. The molecule has 0 saturated heterocycles. The second-order valence-corrected chi connectivity index (χ2v) is 9.01. The van der Waals surface area contributed by atoms with Gasteiger partial charge in [-0.05, 0) is 45.1 Å². The maximum absolute atomic E-state index is 12.7. The first-order chi connectivity index (χ1) is 12.7. The van der Waals surface area contributed by atoms with Gasteiger partial charge in [-0.1, -0.05) is 33.1 Å². The molecule has 0 bridgehead atoms. The molecule has 27 heavy (non-hydrogen) atoms. The van der Waals surface area contributed by atoms with E-state index >= 15 is 0 Å². The quantitative estimate of drug-likeness (QED) is 0.386. The normalized spacial score (nSPS) is 21.9. The molecule has 0 aromatic carbocycles. The zero-order chi connectivity index (χ0) is 20.0. The number of hydrogen-bond acceptors (Lipinski definition) is 5. The highest BCUT2D eigenvalue weighted by Gasteiger charge is 2.36. The third-order valence-electron chi connectivity index (χ3n) is 5.97. The van der Waals surface area contributed by atoms with Crippen molar-refractivity contribution in [2.75, 3.05) is 13.6 Å². The summed E-state index contributed by atoms with van der Waals surface area (Å²) >= 11 is 0. The Balaban J connectivity index is 1.83. The molecule has 0 aliphatic heterocycles. The number of nitrogens with one attached hydrogen (secondary N) is 2. The number of Topliss-reactive ketones (excluding diaryl/α,β-unsaturated/α-hetero) is 3. The summed E-state index contributed by atoms with van der Waals surface area (Å²) in [5.74, 6) is 0.463. The Morgan fingerprint density at radius 2 is 1.70 bits per heavy atom. The van der Waals surface area contributed by atoms with Crippen LogP contribution < -0.4 is 10.6 Å². The molecule has 1 unspecified atom stereocenters. The fourth-order valence-corrected chi connectivity index (χ4v) is 4.45. The number of likely N-dealkylation sites (N-methyl/N-ethyl adjacent to an activating group) is 1. The maximum Gasteiger partial charge on any atom is 0.168 e. The first-order valence-electron chi connectivity index (χ1n) is 10.5. The van der Waals surface area contributed by atoms with Gasteiger partial charge >= 0.3 is 0 Å². The van der Waals surface area contributed by atoms with Crippen molar-refractivity contribution in [1.29, 1.82) is 0 Å². The second kappa shape index (κ2) is 9.63. The van der Waals surface area contributed by atoms with Crippen LogP contribution in [0, 0.1) is 11.3 Å².